The topological polar surface area (TPSA) is 63.4 Å². The van der Waals surface area contributed by atoms with Crippen LogP contribution in [0.25, 0.3) is 0 Å². The molecule has 1 heterocycles. The number of nitrogens with zero attached hydrogens (tertiary/aromatic N) is 1. The minimum atomic E-state index is -3.26. The zero-order valence-corrected chi connectivity index (χ0v) is 13.7. The van der Waals surface area contributed by atoms with Gasteiger partial charge in [-0.3, -0.25) is 0 Å². The molecule has 0 aliphatic heterocycles. The normalized spacial score (nSPS) is 12.0. The molecule has 0 radical (unpaired) electrons. The van der Waals surface area contributed by atoms with E-state index in [2.05, 4.69) is 11.4 Å². The predicted octanol–water partition coefficient (Wildman–Crippen LogP) is 2.11. The lowest BCUT2D eigenvalue weighted by Gasteiger charge is -2.16. The van der Waals surface area contributed by atoms with Gasteiger partial charge >= 0.3 is 0 Å². The van der Waals surface area contributed by atoms with Crippen molar-refractivity contribution < 1.29 is 8.42 Å². The van der Waals surface area contributed by atoms with Gasteiger partial charge < -0.3 is 10.6 Å². The molecule has 114 valence electrons. The largest absolute Gasteiger partial charge is 0.326 e. The van der Waals surface area contributed by atoms with Crippen molar-refractivity contribution in [3.63, 3.8) is 0 Å². The summed E-state index contributed by atoms with van der Waals surface area (Å²) in [4.78, 5) is 2.38. The maximum atomic E-state index is 12.3. The second-order valence-corrected chi connectivity index (χ2v) is 7.93. The van der Waals surface area contributed by atoms with Crippen molar-refractivity contribution in [2.24, 2.45) is 5.73 Å². The summed E-state index contributed by atoms with van der Waals surface area (Å²) < 4.78 is 24.7. The Morgan fingerprint density at radius 1 is 1.24 bits per heavy atom. The first-order valence-electron chi connectivity index (χ1n) is 6.72. The molecule has 0 saturated carbocycles. The van der Waals surface area contributed by atoms with E-state index < -0.39 is 9.84 Å². The van der Waals surface area contributed by atoms with E-state index in [-0.39, 0.29) is 5.75 Å². The number of sulfone groups is 1. The lowest BCUT2D eigenvalue weighted by atomic mass is 10.2. The number of thiophene rings is 1. The number of hydrogen-bond donors (Lipinski definition) is 1. The Kier molecular flexibility index (Phi) is 5.52. The number of benzene rings is 1. The molecule has 0 aliphatic carbocycles. The summed E-state index contributed by atoms with van der Waals surface area (Å²) in [5, 5.41) is 4.11. The number of hydrogen-bond acceptors (Lipinski definition) is 5. The molecule has 4 nitrogen and oxygen atoms in total. The van der Waals surface area contributed by atoms with Crippen molar-refractivity contribution in [2.75, 3.05) is 19.3 Å². The second-order valence-electron chi connectivity index (χ2n) is 5.04. The lowest BCUT2D eigenvalue weighted by Crippen LogP contribution is -2.25. The van der Waals surface area contributed by atoms with E-state index in [9.17, 15) is 8.42 Å². The molecule has 2 N–H and O–H groups in total. The number of rotatable bonds is 7. The molecule has 0 fully saturated rings. The van der Waals surface area contributed by atoms with Crippen LogP contribution in [-0.2, 0) is 22.9 Å². The molecule has 2 rings (SSSR count). The van der Waals surface area contributed by atoms with Gasteiger partial charge in [-0.25, -0.2) is 8.42 Å². The molecule has 6 heteroatoms. The fourth-order valence-electron chi connectivity index (χ4n) is 2.03. The van der Waals surface area contributed by atoms with Crippen molar-refractivity contribution in [2.45, 2.75) is 18.0 Å². The summed E-state index contributed by atoms with van der Waals surface area (Å²) >= 11 is 1.65. The van der Waals surface area contributed by atoms with Crippen LogP contribution < -0.4 is 5.73 Å². The standard InChI is InChI=1S/C15H20N2O2S2/c1-17(11-14-5-7-20-12-14)6-8-21(18,19)15-4-2-3-13(9-15)10-16/h2-5,7,9,12H,6,8,10-11,16H2,1H3. The summed E-state index contributed by atoms with van der Waals surface area (Å²) in [6.07, 6.45) is 0. The predicted molar refractivity (Wildman–Crippen MR) is 87.0 cm³/mol. The summed E-state index contributed by atoms with van der Waals surface area (Å²) in [6, 6.07) is 8.92. The van der Waals surface area contributed by atoms with E-state index in [1.807, 2.05) is 23.4 Å². The Hall–Kier alpha value is -1.21. The Morgan fingerprint density at radius 2 is 2.05 bits per heavy atom. The highest BCUT2D eigenvalue weighted by Crippen LogP contribution is 2.14. The van der Waals surface area contributed by atoms with E-state index in [0.29, 0.717) is 18.0 Å². The van der Waals surface area contributed by atoms with Gasteiger partial charge in [0.25, 0.3) is 0 Å². The molecule has 21 heavy (non-hydrogen) atoms. The third-order valence-corrected chi connectivity index (χ3v) is 5.69. The van der Waals surface area contributed by atoms with Crippen molar-refractivity contribution >= 4 is 21.2 Å². The molecule has 1 aromatic carbocycles. The van der Waals surface area contributed by atoms with Crippen LogP contribution in [0.1, 0.15) is 11.1 Å². The summed E-state index contributed by atoms with van der Waals surface area (Å²) in [5.41, 5.74) is 7.61. The van der Waals surface area contributed by atoms with Crippen LogP contribution in [0.4, 0.5) is 0 Å². The van der Waals surface area contributed by atoms with Crippen LogP contribution in [0.3, 0.4) is 0 Å². The van der Waals surface area contributed by atoms with Crippen LogP contribution >= 0.6 is 11.3 Å². The zero-order chi connectivity index (χ0) is 15.3. The molecule has 0 saturated heterocycles. The Balaban J connectivity index is 1.97. The number of nitrogens with two attached hydrogens (primary N) is 1. The Morgan fingerprint density at radius 3 is 2.71 bits per heavy atom. The molecule has 0 aliphatic rings. The fraction of sp³-hybridized carbons (Fsp3) is 0.333. The minimum absolute atomic E-state index is 0.113. The first-order valence-corrected chi connectivity index (χ1v) is 9.32. The minimum Gasteiger partial charge on any atom is -0.326 e. The van der Waals surface area contributed by atoms with Crippen LogP contribution in [0, 0.1) is 0 Å². The molecule has 1 aromatic heterocycles. The first-order chi connectivity index (χ1) is 10.0. The summed E-state index contributed by atoms with van der Waals surface area (Å²) in [5.74, 6) is 0.113. The van der Waals surface area contributed by atoms with Gasteiger partial charge in [0, 0.05) is 19.6 Å². The quantitative estimate of drug-likeness (QED) is 0.847. The van der Waals surface area contributed by atoms with Gasteiger partial charge in [-0.15, -0.1) is 0 Å². The lowest BCUT2D eigenvalue weighted by molar-refractivity contribution is 0.346. The fourth-order valence-corrected chi connectivity index (χ4v) is 4.10. The Labute approximate surface area is 130 Å². The summed E-state index contributed by atoms with van der Waals surface area (Å²) in [7, 11) is -1.33. The smallest absolute Gasteiger partial charge is 0.179 e. The maximum absolute atomic E-state index is 12.3. The van der Waals surface area contributed by atoms with E-state index >= 15 is 0 Å². The molecule has 0 atom stereocenters. The Bertz CT molecular complexity index is 667. The van der Waals surface area contributed by atoms with Gasteiger partial charge in [-0.2, -0.15) is 11.3 Å². The molecule has 0 bridgehead atoms. The average Bonchev–Trinajstić information content (AvgIpc) is 2.98. The van der Waals surface area contributed by atoms with Gasteiger partial charge in [-0.1, -0.05) is 12.1 Å². The van der Waals surface area contributed by atoms with Crippen molar-refractivity contribution in [3.8, 4) is 0 Å². The first kappa shape index (κ1) is 16.2. The van der Waals surface area contributed by atoms with Gasteiger partial charge in [0.05, 0.1) is 10.6 Å². The van der Waals surface area contributed by atoms with Gasteiger partial charge in [-0.05, 0) is 47.1 Å². The monoisotopic (exact) mass is 324 g/mol. The van der Waals surface area contributed by atoms with E-state index in [1.54, 1.807) is 29.5 Å². The van der Waals surface area contributed by atoms with Crippen molar-refractivity contribution in [1.29, 1.82) is 0 Å². The highest BCUT2D eigenvalue weighted by atomic mass is 32.2. The average molecular weight is 324 g/mol. The van der Waals surface area contributed by atoms with Crippen LogP contribution in [0.5, 0.6) is 0 Å². The van der Waals surface area contributed by atoms with Gasteiger partial charge in [0.1, 0.15) is 0 Å². The maximum Gasteiger partial charge on any atom is 0.179 e. The van der Waals surface area contributed by atoms with Crippen LogP contribution in [0.15, 0.2) is 46.0 Å². The zero-order valence-electron chi connectivity index (χ0n) is 12.0. The highest BCUT2D eigenvalue weighted by Gasteiger charge is 2.15. The van der Waals surface area contributed by atoms with Gasteiger partial charge in [0.2, 0.25) is 0 Å². The highest BCUT2D eigenvalue weighted by molar-refractivity contribution is 7.91. The molecular formula is C15H20N2O2S2. The molecule has 2 aromatic rings. The van der Waals surface area contributed by atoms with E-state index in [0.717, 1.165) is 12.1 Å². The third-order valence-electron chi connectivity index (χ3n) is 3.27. The van der Waals surface area contributed by atoms with Crippen LogP contribution in [-0.4, -0.2) is 32.7 Å². The van der Waals surface area contributed by atoms with Gasteiger partial charge in [0.15, 0.2) is 9.84 Å². The summed E-state index contributed by atoms with van der Waals surface area (Å²) in [6.45, 7) is 1.62. The second kappa shape index (κ2) is 7.17. The SMILES string of the molecule is CN(CCS(=O)(=O)c1cccc(CN)c1)Cc1ccsc1. The molecular weight excluding hydrogens is 304 g/mol. The van der Waals surface area contributed by atoms with Crippen molar-refractivity contribution in [3.05, 3.63) is 52.2 Å². The molecule has 0 unspecified atom stereocenters. The molecule has 0 amide bonds. The van der Waals surface area contributed by atoms with Crippen LogP contribution in [0.2, 0.25) is 0 Å². The van der Waals surface area contributed by atoms with Crippen molar-refractivity contribution in [1.82, 2.24) is 4.90 Å². The molecule has 0 spiro atoms. The van der Waals surface area contributed by atoms with E-state index in [1.165, 1.54) is 5.56 Å². The van der Waals surface area contributed by atoms with E-state index in [4.69, 9.17) is 5.73 Å². The third kappa shape index (κ3) is 4.64.